The first kappa shape index (κ1) is 19.7. The quantitative estimate of drug-likeness (QED) is 0.704. The van der Waals surface area contributed by atoms with Crippen molar-refractivity contribution in [1.82, 2.24) is 4.90 Å². The first-order valence-corrected chi connectivity index (χ1v) is 9.36. The lowest BCUT2D eigenvalue weighted by atomic mass is 10.1. The van der Waals surface area contributed by atoms with Gasteiger partial charge in [0, 0.05) is 19.2 Å². The highest BCUT2D eigenvalue weighted by atomic mass is 16.5. The van der Waals surface area contributed by atoms with Crippen molar-refractivity contribution in [2.75, 3.05) is 32.8 Å². The number of hydrogen-bond donors (Lipinski definition) is 1. The summed E-state index contributed by atoms with van der Waals surface area (Å²) < 4.78 is 11.7. The second-order valence-electron chi connectivity index (χ2n) is 6.72. The zero-order valence-electron chi connectivity index (χ0n) is 15.5. The molecule has 0 aromatic heterocycles. The molecule has 0 aliphatic carbocycles. The van der Waals surface area contributed by atoms with Crippen LogP contribution in [0, 0.1) is 0 Å². The molecule has 2 rings (SSSR count). The first-order valence-electron chi connectivity index (χ1n) is 9.36. The minimum atomic E-state index is -0.489. The zero-order chi connectivity index (χ0) is 18.1. The van der Waals surface area contributed by atoms with E-state index in [0.29, 0.717) is 25.2 Å². The molecule has 5 nitrogen and oxygen atoms in total. The van der Waals surface area contributed by atoms with E-state index >= 15 is 0 Å². The number of ketones is 1. The largest absolute Gasteiger partial charge is 0.492 e. The molecule has 1 aliphatic rings. The number of aryl methyl sites for hydroxylation is 1. The van der Waals surface area contributed by atoms with E-state index in [-0.39, 0.29) is 12.4 Å². The molecule has 5 heteroatoms. The number of ether oxygens (including phenoxy) is 2. The first-order chi connectivity index (χ1) is 12.1. The van der Waals surface area contributed by atoms with Gasteiger partial charge in [0.1, 0.15) is 18.1 Å². The summed E-state index contributed by atoms with van der Waals surface area (Å²) in [5, 5.41) is 9.06. The standard InChI is InChI=1S/C20H31NO4/c1-16(23)17(2)25-20-15-19(9-8-18(20)7-6-13-22)24-14-12-21-10-4-3-5-11-21/h8-9,15,17,22H,3-7,10-14H2,1-2H3. The van der Waals surface area contributed by atoms with Crippen LogP contribution in [-0.2, 0) is 11.2 Å². The Morgan fingerprint density at radius 1 is 1.28 bits per heavy atom. The van der Waals surface area contributed by atoms with Crippen molar-refractivity contribution in [2.24, 2.45) is 0 Å². The number of rotatable bonds is 10. The Morgan fingerprint density at radius 2 is 2.04 bits per heavy atom. The number of nitrogens with zero attached hydrogens (tertiary/aromatic N) is 1. The molecule has 1 atom stereocenters. The third kappa shape index (κ3) is 6.67. The summed E-state index contributed by atoms with van der Waals surface area (Å²) in [5.74, 6) is 1.42. The summed E-state index contributed by atoms with van der Waals surface area (Å²) >= 11 is 0. The molecule has 0 radical (unpaired) electrons. The molecule has 1 heterocycles. The van der Waals surface area contributed by atoms with Crippen molar-refractivity contribution in [3.63, 3.8) is 0 Å². The van der Waals surface area contributed by atoms with Crippen molar-refractivity contribution in [2.45, 2.75) is 52.1 Å². The van der Waals surface area contributed by atoms with Crippen molar-refractivity contribution in [1.29, 1.82) is 0 Å². The Labute approximate surface area is 150 Å². The number of carbonyl (C=O) groups excluding carboxylic acids is 1. The van der Waals surface area contributed by atoms with Gasteiger partial charge in [0.25, 0.3) is 0 Å². The molecule has 0 saturated carbocycles. The van der Waals surface area contributed by atoms with Crippen LogP contribution in [0.25, 0.3) is 0 Å². The number of Topliss-reactive ketones (excluding diaryl/α,β-unsaturated/α-hetero) is 1. The Hall–Kier alpha value is -1.59. The summed E-state index contributed by atoms with van der Waals surface area (Å²) in [4.78, 5) is 13.9. The van der Waals surface area contributed by atoms with Gasteiger partial charge in [0.05, 0.1) is 0 Å². The normalized spacial score (nSPS) is 16.4. The van der Waals surface area contributed by atoms with Gasteiger partial charge in [0.15, 0.2) is 11.9 Å². The van der Waals surface area contributed by atoms with E-state index in [2.05, 4.69) is 4.90 Å². The van der Waals surface area contributed by atoms with Crippen LogP contribution in [0.1, 0.15) is 45.1 Å². The lowest BCUT2D eigenvalue weighted by Crippen LogP contribution is -2.33. The van der Waals surface area contributed by atoms with E-state index in [0.717, 1.165) is 30.9 Å². The molecular weight excluding hydrogens is 318 g/mol. The molecule has 1 fully saturated rings. The maximum atomic E-state index is 11.5. The number of aliphatic hydroxyl groups excluding tert-OH is 1. The molecule has 0 bridgehead atoms. The highest BCUT2D eigenvalue weighted by Gasteiger charge is 2.14. The van der Waals surface area contributed by atoms with Crippen LogP contribution in [0.4, 0.5) is 0 Å². The van der Waals surface area contributed by atoms with Gasteiger partial charge in [-0.2, -0.15) is 0 Å². The second kappa shape index (κ2) is 10.4. The number of benzene rings is 1. The maximum Gasteiger partial charge on any atom is 0.169 e. The van der Waals surface area contributed by atoms with Crippen molar-refractivity contribution >= 4 is 5.78 Å². The molecule has 0 spiro atoms. The van der Waals surface area contributed by atoms with E-state index in [4.69, 9.17) is 14.6 Å². The van der Waals surface area contributed by atoms with Gasteiger partial charge >= 0.3 is 0 Å². The SMILES string of the molecule is CC(=O)C(C)Oc1cc(OCCN2CCCCC2)ccc1CCCO. The molecule has 1 N–H and O–H groups in total. The molecule has 1 aromatic carbocycles. The van der Waals surface area contributed by atoms with Crippen molar-refractivity contribution < 1.29 is 19.4 Å². The van der Waals surface area contributed by atoms with Gasteiger partial charge < -0.3 is 14.6 Å². The van der Waals surface area contributed by atoms with E-state index in [1.54, 1.807) is 6.92 Å². The van der Waals surface area contributed by atoms with Crippen molar-refractivity contribution in [3.05, 3.63) is 23.8 Å². The van der Waals surface area contributed by atoms with Crippen LogP contribution < -0.4 is 9.47 Å². The molecule has 0 amide bonds. The number of carbonyl (C=O) groups is 1. The molecular formula is C20H31NO4. The zero-order valence-corrected chi connectivity index (χ0v) is 15.5. The molecule has 1 unspecified atom stereocenters. The average molecular weight is 349 g/mol. The number of aliphatic hydroxyl groups is 1. The topological polar surface area (TPSA) is 59.0 Å². The fourth-order valence-corrected chi connectivity index (χ4v) is 2.96. The molecule has 1 saturated heterocycles. The van der Waals surface area contributed by atoms with Gasteiger partial charge in [-0.05, 0) is 64.3 Å². The number of hydrogen-bond acceptors (Lipinski definition) is 5. The Morgan fingerprint density at radius 3 is 2.72 bits per heavy atom. The number of likely N-dealkylation sites (tertiary alicyclic amines) is 1. The van der Waals surface area contributed by atoms with Crippen LogP contribution >= 0.6 is 0 Å². The predicted molar refractivity (Wildman–Crippen MR) is 98.4 cm³/mol. The van der Waals surface area contributed by atoms with Gasteiger partial charge in [-0.1, -0.05) is 12.5 Å². The lowest BCUT2D eigenvalue weighted by molar-refractivity contribution is -0.122. The molecule has 25 heavy (non-hydrogen) atoms. The fourth-order valence-electron chi connectivity index (χ4n) is 2.96. The highest BCUT2D eigenvalue weighted by Crippen LogP contribution is 2.27. The van der Waals surface area contributed by atoms with E-state index in [9.17, 15) is 4.79 Å². The van der Waals surface area contributed by atoms with Gasteiger partial charge in [-0.25, -0.2) is 0 Å². The summed E-state index contributed by atoms with van der Waals surface area (Å²) in [6.07, 6.45) is 4.78. The van der Waals surface area contributed by atoms with Crippen molar-refractivity contribution in [3.8, 4) is 11.5 Å². The third-order valence-corrected chi connectivity index (χ3v) is 4.64. The second-order valence-corrected chi connectivity index (χ2v) is 6.72. The van der Waals surface area contributed by atoms with Gasteiger partial charge in [0.2, 0.25) is 0 Å². The maximum absolute atomic E-state index is 11.5. The Kier molecular flexibility index (Phi) is 8.22. The van der Waals surface area contributed by atoms with E-state index in [1.165, 1.54) is 26.2 Å². The van der Waals surface area contributed by atoms with E-state index < -0.39 is 6.10 Å². The van der Waals surface area contributed by atoms with Crippen LogP contribution in [0.3, 0.4) is 0 Å². The highest BCUT2D eigenvalue weighted by molar-refractivity contribution is 5.80. The van der Waals surface area contributed by atoms with Crippen LogP contribution in [0.15, 0.2) is 18.2 Å². The van der Waals surface area contributed by atoms with Crippen LogP contribution in [0.5, 0.6) is 11.5 Å². The smallest absolute Gasteiger partial charge is 0.169 e. The summed E-state index contributed by atoms with van der Waals surface area (Å²) in [5.41, 5.74) is 0.991. The monoisotopic (exact) mass is 349 g/mol. The fraction of sp³-hybridized carbons (Fsp3) is 0.650. The average Bonchev–Trinajstić information content (AvgIpc) is 2.62. The molecule has 1 aromatic rings. The van der Waals surface area contributed by atoms with Gasteiger partial charge in [-0.15, -0.1) is 0 Å². The Balaban J connectivity index is 1.96. The minimum Gasteiger partial charge on any atom is -0.492 e. The molecule has 1 aliphatic heterocycles. The van der Waals surface area contributed by atoms with Crippen LogP contribution in [0.2, 0.25) is 0 Å². The summed E-state index contributed by atoms with van der Waals surface area (Å²) in [6, 6.07) is 5.77. The van der Waals surface area contributed by atoms with E-state index in [1.807, 2.05) is 18.2 Å². The number of piperidine rings is 1. The van der Waals surface area contributed by atoms with Gasteiger partial charge in [-0.3, -0.25) is 9.69 Å². The summed E-state index contributed by atoms with van der Waals surface area (Å²) in [7, 11) is 0. The lowest BCUT2D eigenvalue weighted by Gasteiger charge is -2.26. The Bertz CT molecular complexity index is 540. The molecule has 140 valence electrons. The van der Waals surface area contributed by atoms with Crippen LogP contribution in [-0.4, -0.2) is 54.7 Å². The predicted octanol–water partition coefficient (Wildman–Crippen LogP) is 2.83. The summed E-state index contributed by atoms with van der Waals surface area (Å²) in [6.45, 7) is 7.32. The third-order valence-electron chi connectivity index (χ3n) is 4.64. The minimum absolute atomic E-state index is 0.00970.